The average Bonchev–Trinajstić information content (AvgIpc) is 3.27. The van der Waals surface area contributed by atoms with E-state index in [-0.39, 0.29) is 37.2 Å². The average molecular weight is 424 g/mol. The van der Waals surface area contributed by atoms with E-state index in [0.29, 0.717) is 31.6 Å². The Hall–Kier alpha value is -2.46. The summed E-state index contributed by atoms with van der Waals surface area (Å²) in [6.07, 6.45) is -3.60. The maximum absolute atomic E-state index is 12.8. The first kappa shape index (κ1) is 20.8. The van der Waals surface area contributed by atoms with Gasteiger partial charge in [0, 0.05) is 44.2 Å². The molecule has 3 aliphatic heterocycles. The number of halogens is 3. The zero-order chi connectivity index (χ0) is 21.5. The van der Waals surface area contributed by atoms with E-state index in [1.807, 2.05) is 12.1 Å². The minimum atomic E-state index is -4.17. The topological polar surface area (TPSA) is 90.5 Å². The van der Waals surface area contributed by atoms with E-state index in [4.69, 9.17) is 0 Å². The molecule has 0 radical (unpaired) electrons. The van der Waals surface area contributed by atoms with Gasteiger partial charge in [-0.3, -0.25) is 19.7 Å². The quantitative estimate of drug-likeness (QED) is 0.616. The van der Waals surface area contributed by atoms with Gasteiger partial charge in [-0.05, 0) is 30.0 Å². The molecule has 10 heteroatoms. The zero-order valence-electron chi connectivity index (χ0n) is 16.2. The van der Waals surface area contributed by atoms with Crippen LogP contribution >= 0.6 is 0 Å². The first-order valence-electron chi connectivity index (χ1n) is 9.99. The lowest BCUT2D eigenvalue weighted by molar-refractivity contribution is -0.169. The molecular formula is C20H23F3N4O3. The molecule has 0 spiro atoms. The lowest BCUT2D eigenvalue weighted by Gasteiger charge is -2.29. The predicted molar refractivity (Wildman–Crippen MR) is 100 cm³/mol. The number of amides is 3. The monoisotopic (exact) mass is 424 g/mol. The summed E-state index contributed by atoms with van der Waals surface area (Å²) in [5.74, 6) is -2.32. The molecule has 3 amide bonds. The first-order chi connectivity index (χ1) is 14.2. The van der Waals surface area contributed by atoms with Crippen molar-refractivity contribution in [3.8, 4) is 0 Å². The van der Waals surface area contributed by atoms with Crippen molar-refractivity contribution in [3.05, 3.63) is 34.9 Å². The molecule has 30 heavy (non-hydrogen) atoms. The van der Waals surface area contributed by atoms with Gasteiger partial charge in [-0.15, -0.1) is 0 Å². The third-order valence-electron chi connectivity index (χ3n) is 6.00. The Kier molecular flexibility index (Phi) is 5.54. The molecule has 4 rings (SSSR count). The van der Waals surface area contributed by atoms with Crippen LogP contribution in [0.25, 0.3) is 0 Å². The molecule has 2 fully saturated rings. The highest BCUT2D eigenvalue weighted by atomic mass is 19.4. The standard InChI is InChI=1S/C20H23F3N4O3/c21-20(22,23)13-6-14(25-8-13)9-24-7-11-1-2-12-10-27(19(30)15(12)5-11)16-3-4-17(28)26-18(16)29/h1-2,5,13-14,16,24-25H,3-4,6-10H2,(H,26,28,29)/t13-,14-,16?/m0/s1. The van der Waals surface area contributed by atoms with Crippen molar-refractivity contribution >= 4 is 17.7 Å². The fourth-order valence-corrected chi connectivity index (χ4v) is 4.33. The summed E-state index contributed by atoms with van der Waals surface area (Å²) in [5.41, 5.74) is 2.19. The van der Waals surface area contributed by atoms with Gasteiger partial charge in [-0.1, -0.05) is 12.1 Å². The molecule has 1 aromatic rings. The minimum Gasteiger partial charge on any atom is -0.322 e. The first-order valence-corrected chi connectivity index (χ1v) is 9.99. The van der Waals surface area contributed by atoms with Crippen LogP contribution in [0.15, 0.2) is 18.2 Å². The minimum absolute atomic E-state index is 0.0556. The molecule has 1 unspecified atom stereocenters. The fourth-order valence-electron chi connectivity index (χ4n) is 4.33. The Balaban J connectivity index is 1.33. The Labute approximate surface area is 171 Å². The predicted octanol–water partition coefficient (Wildman–Crippen LogP) is 1.08. The molecule has 3 heterocycles. The second-order valence-electron chi connectivity index (χ2n) is 8.10. The highest BCUT2D eigenvalue weighted by Gasteiger charge is 2.44. The number of piperidine rings is 1. The Morgan fingerprint density at radius 1 is 1.20 bits per heavy atom. The third-order valence-corrected chi connectivity index (χ3v) is 6.00. The van der Waals surface area contributed by atoms with Gasteiger partial charge in [0.05, 0.1) is 5.92 Å². The van der Waals surface area contributed by atoms with Gasteiger partial charge < -0.3 is 15.5 Å². The largest absolute Gasteiger partial charge is 0.393 e. The lowest BCUT2D eigenvalue weighted by atomic mass is 10.0. The summed E-state index contributed by atoms with van der Waals surface area (Å²) in [6.45, 7) is 1.09. The summed E-state index contributed by atoms with van der Waals surface area (Å²) >= 11 is 0. The molecule has 0 saturated carbocycles. The van der Waals surface area contributed by atoms with E-state index in [9.17, 15) is 27.6 Å². The Morgan fingerprint density at radius 2 is 2.00 bits per heavy atom. The number of rotatable bonds is 5. The molecular weight excluding hydrogens is 401 g/mol. The van der Waals surface area contributed by atoms with Crippen molar-refractivity contribution < 1.29 is 27.6 Å². The number of alkyl halides is 3. The second-order valence-corrected chi connectivity index (χ2v) is 8.10. The number of imide groups is 1. The maximum atomic E-state index is 12.8. The van der Waals surface area contributed by atoms with Crippen LogP contribution in [0.3, 0.4) is 0 Å². The van der Waals surface area contributed by atoms with Crippen LogP contribution < -0.4 is 16.0 Å². The van der Waals surface area contributed by atoms with E-state index in [2.05, 4.69) is 16.0 Å². The SMILES string of the molecule is O=C1CCC(N2Cc3ccc(CNC[C@@H]4C[C@H](C(F)(F)F)CN4)cc3C2=O)C(=O)N1. The smallest absolute Gasteiger partial charge is 0.322 e. The van der Waals surface area contributed by atoms with E-state index in [1.54, 1.807) is 6.07 Å². The number of hydrogen-bond donors (Lipinski definition) is 3. The van der Waals surface area contributed by atoms with Crippen LogP contribution in [0.1, 0.15) is 40.7 Å². The van der Waals surface area contributed by atoms with Gasteiger partial charge >= 0.3 is 6.18 Å². The third kappa shape index (κ3) is 4.20. The van der Waals surface area contributed by atoms with Gasteiger partial charge in [-0.2, -0.15) is 13.2 Å². The Bertz CT molecular complexity index is 873. The Morgan fingerprint density at radius 3 is 2.70 bits per heavy atom. The number of hydrogen-bond acceptors (Lipinski definition) is 5. The van der Waals surface area contributed by atoms with Crippen LogP contribution in [0.2, 0.25) is 0 Å². The van der Waals surface area contributed by atoms with Crippen molar-refractivity contribution in [2.75, 3.05) is 13.1 Å². The van der Waals surface area contributed by atoms with E-state index < -0.39 is 24.0 Å². The van der Waals surface area contributed by atoms with Crippen molar-refractivity contribution in [2.45, 2.75) is 50.6 Å². The number of carbonyl (C=O) groups excluding carboxylic acids is 3. The molecule has 3 N–H and O–H groups in total. The van der Waals surface area contributed by atoms with Crippen LogP contribution in [0, 0.1) is 5.92 Å². The van der Waals surface area contributed by atoms with Crippen molar-refractivity contribution in [1.29, 1.82) is 0 Å². The normalized spacial score (nSPS) is 26.8. The van der Waals surface area contributed by atoms with Crippen LogP contribution in [0.4, 0.5) is 13.2 Å². The maximum Gasteiger partial charge on any atom is 0.393 e. The van der Waals surface area contributed by atoms with Crippen LogP contribution in [-0.2, 0) is 22.7 Å². The number of nitrogens with zero attached hydrogens (tertiary/aromatic N) is 1. The summed E-state index contributed by atoms with van der Waals surface area (Å²) in [6, 6.07) is 4.57. The van der Waals surface area contributed by atoms with Crippen molar-refractivity contribution in [1.82, 2.24) is 20.9 Å². The van der Waals surface area contributed by atoms with Crippen molar-refractivity contribution in [3.63, 3.8) is 0 Å². The lowest BCUT2D eigenvalue weighted by Crippen LogP contribution is -2.52. The molecule has 0 aliphatic carbocycles. The number of fused-ring (bicyclic) bond motifs is 1. The van der Waals surface area contributed by atoms with E-state index in [0.717, 1.165) is 11.1 Å². The number of carbonyl (C=O) groups is 3. The second kappa shape index (κ2) is 7.99. The molecule has 0 bridgehead atoms. The van der Waals surface area contributed by atoms with Gasteiger partial charge in [-0.25, -0.2) is 0 Å². The summed E-state index contributed by atoms with van der Waals surface area (Å²) in [5, 5.41) is 8.32. The molecule has 2 saturated heterocycles. The zero-order valence-corrected chi connectivity index (χ0v) is 16.2. The van der Waals surface area contributed by atoms with Gasteiger partial charge in [0.15, 0.2) is 0 Å². The van der Waals surface area contributed by atoms with E-state index >= 15 is 0 Å². The van der Waals surface area contributed by atoms with Crippen LogP contribution in [-0.4, -0.2) is 54.0 Å². The molecule has 162 valence electrons. The van der Waals surface area contributed by atoms with Gasteiger partial charge in [0.2, 0.25) is 11.8 Å². The molecule has 0 aromatic heterocycles. The van der Waals surface area contributed by atoms with Crippen LogP contribution in [0.5, 0.6) is 0 Å². The summed E-state index contributed by atoms with van der Waals surface area (Å²) in [7, 11) is 0. The highest BCUT2D eigenvalue weighted by Crippen LogP contribution is 2.32. The van der Waals surface area contributed by atoms with E-state index in [1.165, 1.54) is 4.90 Å². The molecule has 3 aliphatic rings. The summed E-state index contributed by atoms with van der Waals surface area (Å²) < 4.78 is 38.3. The fraction of sp³-hybridized carbons (Fsp3) is 0.550. The van der Waals surface area contributed by atoms with Gasteiger partial charge in [0.25, 0.3) is 5.91 Å². The summed E-state index contributed by atoms with van der Waals surface area (Å²) in [4.78, 5) is 37.7. The molecule has 7 nitrogen and oxygen atoms in total. The molecule has 3 atom stereocenters. The van der Waals surface area contributed by atoms with Crippen molar-refractivity contribution in [2.24, 2.45) is 5.92 Å². The molecule has 1 aromatic carbocycles. The number of nitrogens with one attached hydrogen (secondary N) is 3. The number of benzene rings is 1. The highest BCUT2D eigenvalue weighted by molar-refractivity contribution is 6.05. The van der Waals surface area contributed by atoms with Gasteiger partial charge in [0.1, 0.15) is 6.04 Å².